The predicted molar refractivity (Wildman–Crippen MR) is 86.9 cm³/mol. The molecular weight excluding hydrogens is 270 g/mol. The summed E-state index contributed by atoms with van der Waals surface area (Å²) in [6.07, 6.45) is 0. The SMILES string of the molecule is CC(=Nc1cccc(C)c1O[SiH](C)C)c1cccs1. The number of aryl methyl sites for hydroxylation is 1. The molecule has 1 aromatic heterocycles. The Morgan fingerprint density at radius 3 is 2.63 bits per heavy atom. The third-order valence-electron chi connectivity index (χ3n) is 2.71. The summed E-state index contributed by atoms with van der Waals surface area (Å²) in [6.45, 7) is 8.47. The molecule has 0 fully saturated rings. The molecule has 0 amide bonds. The van der Waals surface area contributed by atoms with Crippen LogP contribution in [0.2, 0.25) is 13.1 Å². The van der Waals surface area contributed by atoms with Crippen molar-refractivity contribution in [2.75, 3.05) is 0 Å². The van der Waals surface area contributed by atoms with Crippen LogP contribution in [0.1, 0.15) is 17.4 Å². The van der Waals surface area contributed by atoms with Crippen LogP contribution in [-0.2, 0) is 0 Å². The molecule has 2 aromatic rings. The number of benzene rings is 1. The molecule has 0 spiro atoms. The van der Waals surface area contributed by atoms with Gasteiger partial charge in [-0.1, -0.05) is 18.2 Å². The lowest BCUT2D eigenvalue weighted by Gasteiger charge is -2.14. The lowest BCUT2D eigenvalue weighted by molar-refractivity contribution is 0.577. The Bertz CT molecular complexity index is 576. The fraction of sp³-hybridized carbons (Fsp3) is 0.267. The van der Waals surface area contributed by atoms with Gasteiger partial charge in [-0.2, -0.15) is 0 Å². The summed E-state index contributed by atoms with van der Waals surface area (Å²) in [5.74, 6) is 0.945. The van der Waals surface area contributed by atoms with Crippen molar-refractivity contribution in [3.05, 3.63) is 46.2 Å². The van der Waals surface area contributed by atoms with Gasteiger partial charge in [0, 0.05) is 4.88 Å². The van der Waals surface area contributed by atoms with Gasteiger partial charge in [-0.25, -0.2) is 4.99 Å². The molecule has 0 unspecified atom stereocenters. The summed E-state index contributed by atoms with van der Waals surface area (Å²) in [4.78, 5) is 5.94. The minimum Gasteiger partial charge on any atom is -0.545 e. The molecule has 0 aliphatic rings. The van der Waals surface area contributed by atoms with Crippen LogP contribution in [0.3, 0.4) is 0 Å². The van der Waals surface area contributed by atoms with E-state index in [1.54, 1.807) is 11.3 Å². The quantitative estimate of drug-likeness (QED) is 0.597. The van der Waals surface area contributed by atoms with E-state index in [2.05, 4.69) is 37.5 Å². The molecule has 0 bridgehead atoms. The summed E-state index contributed by atoms with van der Waals surface area (Å²) >= 11 is 1.71. The second-order valence-electron chi connectivity index (χ2n) is 4.76. The standard InChI is InChI=1S/C15H19NOSSi/c1-11-7-5-8-13(15(11)17-19(3)4)16-12(2)14-9-6-10-18-14/h5-10,19H,1-4H3. The zero-order valence-corrected chi connectivity index (χ0v) is 13.8. The average Bonchev–Trinajstić information content (AvgIpc) is 2.87. The summed E-state index contributed by atoms with van der Waals surface area (Å²) in [7, 11) is -1.13. The molecule has 0 radical (unpaired) electrons. The second-order valence-corrected chi connectivity index (χ2v) is 8.05. The number of para-hydroxylation sites is 1. The highest BCUT2D eigenvalue weighted by Gasteiger charge is 2.09. The summed E-state index contributed by atoms with van der Waals surface area (Å²) < 4.78 is 6.03. The molecule has 0 N–H and O–H groups in total. The van der Waals surface area contributed by atoms with Crippen LogP contribution >= 0.6 is 11.3 Å². The average molecular weight is 289 g/mol. The minimum atomic E-state index is -1.13. The number of thiophene rings is 1. The summed E-state index contributed by atoms with van der Waals surface area (Å²) in [6, 6.07) is 10.3. The van der Waals surface area contributed by atoms with E-state index in [1.165, 1.54) is 4.88 Å². The van der Waals surface area contributed by atoms with Crippen molar-refractivity contribution < 1.29 is 4.43 Å². The van der Waals surface area contributed by atoms with Crippen molar-refractivity contribution in [3.8, 4) is 5.75 Å². The van der Waals surface area contributed by atoms with Crippen LogP contribution in [0.4, 0.5) is 5.69 Å². The minimum absolute atomic E-state index is 0.937. The Balaban J connectivity index is 2.39. The lowest BCUT2D eigenvalue weighted by atomic mass is 10.2. The molecule has 0 saturated heterocycles. The van der Waals surface area contributed by atoms with Crippen molar-refractivity contribution in [1.82, 2.24) is 0 Å². The van der Waals surface area contributed by atoms with Gasteiger partial charge in [0.1, 0.15) is 11.4 Å². The Hall–Kier alpha value is -1.39. The maximum atomic E-state index is 6.03. The summed E-state index contributed by atoms with van der Waals surface area (Å²) in [5.41, 5.74) is 3.13. The second kappa shape index (κ2) is 6.17. The molecule has 2 rings (SSSR count). The van der Waals surface area contributed by atoms with E-state index in [0.29, 0.717) is 0 Å². The highest BCUT2D eigenvalue weighted by atomic mass is 32.1. The van der Waals surface area contributed by atoms with Crippen molar-refractivity contribution >= 4 is 31.8 Å². The zero-order valence-electron chi connectivity index (χ0n) is 11.8. The molecule has 19 heavy (non-hydrogen) atoms. The molecule has 1 heterocycles. The van der Waals surface area contributed by atoms with Gasteiger partial charge in [-0.15, -0.1) is 11.3 Å². The van der Waals surface area contributed by atoms with E-state index in [1.807, 2.05) is 25.1 Å². The first kappa shape index (κ1) is 14.0. The van der Waals surface area contributed by atoms with Gasteiger partial charge in [0.2, 0.25) is 9.04 Å². The Kier molecular flexibility index (Phi) is 4.55. The Labute approximate surface area is 120 Å². The van der Waals surface area contributed by atoms with Gasteiger partial charge >= 0.3 is 0 Å². The van der Waals surface area contributed by atoms with Crippen molar-refractivity contribution in [3.63, 3.8) is 0 Å². The smallest absolute Gasteiger partial charge is 0.229 e. The molecule has 0 saturated carbocycles. The van der Waals surface area contributed by atoms with Crippen LogP contribution < -0.4 is 4.43 Å². The van der Waals surface area contributed by atoms with Crippen LogP contribution in [0, 0.1) is 6.92 Å². The van der Waals surface area contributed by atoms with Crippen LogP contribution in [0.15, 0.2) is 40.7 Å². The largest absolute Gasteiger partial charge is 0.545 e. The van der Waals surface area contributed by atoms with Crippen LogP contribution in [-0.4, -0.2) is 14.8 Å². The number of hydrogen-bond acceptors (Lipinski definition) is 3. The first-order valence-electron chi connectivity index (χ1n) is 6.43. The van der Waals surface area contributed by atoms with E-state index in [4.69, 9.17) is 9.42 Å². The summed E-state index contributed by atoms with van der Waals surface area (Å²) in [5, 5.41) is 2.07. The highest BCUT2D eigenvalue weighted by Crippen LogP contribution is 2.32. The number of rotatable bonds is 4. The number of nitrogens with zero attached hydrogens (tertiary/aromatic N) is 1. The molecule has 4 heteroatoms. The number of hydrogen-bond donors (Lipinski definition) is 0. The van der Waals surface area contributed by atoms with Crippen LogP contribution in [0.5, 0.6) is 5.75 Å². The fourth-order valence-corrected chi connectivity index (χ4v) is 3.29. The van der Waals surface area contributed by atoms with E-state index < -0.39 is 9.04 Å². The van der Waals surface area contributed by atoms with Gasteiger partial charge in [-0.3, -0.25) is 0 Å². The fourth-order valence-electron chi connectivity index (χ4n) is 1.83. The molecular formula is C15H19NOSSi. The predicted octanol–water partition coefficient (Wildman–Crippen LogP) is 4.56. The van der Waals surface area contributed by atoms with Crippen LogP contribution in [0.25, 0.3) is 0 Å². The molecule has 0 aliphatic carbocycles. The highest BCUT2D eigenvalue weighted by molar-refractivity contribution is 7.12. The van der Waals surface area contributed by atoms with Crippen molar-refractivity contribution in [2.24, 2.45) is 4.99 Å². The van der Waals surface area contributed by atoms with E-state index in [0.717, 1.165) is 22.7 Å². The maximum Gasteiger partial charge on any atom is 0.229 e. The maximum absolute atomic E-state index is 6.03. The third-order valence-corrected chi connectivity index (χ3v) is 4.40. The number of aliphatic imine (C=N–C) groups is 1. The molecule has 2 nitrogen and oxygen atoms in total. The van der Waals surface area contributed by atoms with Crippen molar-refractivity contribution in [1.29, 1.82) is 0 Å². The molecule has 0 aliphatic heterocycles. The topological polar surface area (TPSA) is 21.6 Å². The van der Waals surface area contributed by atoms with E-state index >= 15 is 0 Å². The molecule has 1 aromatic carbocycles. The van der Waals surface area contributed by atoms with E-state index in [-0.39, 0.29) is 0 Å². The zero-order chi connectivity index (χ0) is 13.8. The monoisotopic (exact) mass is 289 g/mol. The van der Waals surface area contributed by atoms with Gasteiger partial charge in [-0.05, 0) is 50.0 Å². The van der Waals surface area contributed by atoms with E-state index in [9.17, 15) is 0 Å². The molecule has 0 atom stereocenters. The first-order chi connectivity index (χ1) is 9.08. The van der Waals surface area contributed by atoms with Gasteiger partial charge in [0.25, 0.3) is 0 Å². The lowest BCUT2D eigenvalue weighted by Crippen LogP contribution is -2.12. The van der Waals surface area contributed by atoms with Gasteiger partial charge in [0.05, 0.1) is 5.71 Å². The van der Waals surface area contributed by atoms with Gasteiger partial charge < -0.3 is 4.43 Å². The Morgan fingerprint density at radius 2 is 2.00 bits per heavy atom. The van der Waals surface area contributed by atoms with Gasteiger partial charge in [0.15, 0.2) is 0 Å². The van der Waals surface area contributed by atoms with Crippen molar-refractivity contribution in [2.45, 2.75) is 26.9 Å². The third kappa shape index (κ3) is 3.55. The first-order valence-corrected chi connectivity index (χ1v) is 10.1. The normalized spacial score (nSPS) is 11.9. The molecule has 100 valence electrons. The Morgan fingerprint density at radius 1 is 1.21 bits per heavy atom.